The Hall–Kier alpha value is -2.74. The van der Waals surface area contributed by atoms with Gasteiger partial charge in [0.25, 0.3) is 0 Å². The van der Waals surface area contributed by atoms with Crippen LogP contribution in [0.1, 0.15) is 0 Å². The van der Waals surface area contributed by atoms with E-state index in [2.05, 4.69) is 15.5 Å². The monoisotopic (exact) mass is 443 g/mol. The first-order chi connectivity index (χ1) is 14.0. The highest BCUT2D eigenvalue weighted by molar-refractivity contribution is 7.99. The Bertz CT molecular complexity index is 1210. The molecule has 4 rings (SSSR count). The number of carbonyl (C=O) groups is 1. The van der Waals surface area contributed by atoms with Gasteiger partial charge in [-0.05, 0) is 41.1 Å². The molecule has 29 heavy (non-hydrogen) atoms. The number of anilines is 1. The van der Waals surface area contributed by atoms with Crippen molar-refractivity contribution in [3.8, 4) is 11.4 Å². The minimum atomic E-state index is -0.171. The summed E-state index contributed by atoms with van der Waals surface area (Å²) in [6.45, 7) is 0. The summed E-state index contributed by atoms with van der Waals surface area (Å²) in [7, 11) is 0. The van der Waals surface area contributed by atoms with E-state index in [1.165, 1.54) is 16.4 Å². The van der Waals surface area contributed by atoms with Crippen LogP contribution in [0.15, 0.2) is 65.8 Å². The number of nitrogens with zero attached hydrogens (tertiary/aromatic N) is 3. The van der Waals surface area contributed by atoms with Crippen molar-refractivity contribution in [1.82, 2.24) is 14.9 Å². The van der Waals surface area contributed by atoms with Crippen molar-refractivity contribution in [2.45, 2.75) is 5.16 Å². The summed E-state index contributed by atoms with van der Waals surface area (Å²) in [4.78, 5) is 12.3. The lowest BCUT2D eigenvalue weighted by Gasteiger charge is -2.07. The lowest BCUT2D eigenvalue weighted by molar-refractivity contribution is -0.113. The number of amides is 1. The molecule has 0 bridgehead atoms. The normalized spacial score (nSPS) is 11.0. The molecule has 0 atom stereocenters. The van der Waals surface area contributed by atoms with Gasteiger partial charge in [-0.15, -0.1) is 10.2 Å². The number of benzene rings is 3. The molecule has 146 valence electrons. The summed E-state index contributed by atoms with van der Waals surface area (Å²) in [5.74, 6) is 6.42. The van der Waals surface area contributed by atoms with Crippen LogP contribution in [0.5, 0.6) is 0 Å². The van der Waals surface area contributed by atoms with E-state index in [4.69, 9.17) is 29.0 Å². The highest BCUT2D eigenvalue weighted by atomic mass is 35.5. The molecule has 0 fully saturated rings. The zero-order valence-corrected chi connectivity index (χ0v) is 17.3. The SMILES string of the molecule is Nn1c(SCC(=O)Nc2ccc3ccccc3c2)nnc1-c1cc(Cl)ccc1Cl. The Morgan fingerprint density at radius 2 is 1.83 bits per heavy atom. The molecule has 0 radical (unpaired) electrons. The largest absolute Gasteiger partial charge is 0.335 e. The minimum Gasteiger partial charge on any atom is -0.335 e. The van der Waals surface area contributed by atoms with Gasteiger partial charge >= 0.3 is 0 Å². The Morgan fingerprint density at radius 3 is 2.66 bits per heavy atom. The lowest BCUT2D eigenvalue weighted by Crippen LogP contribution is -2.16. The number of rotatable bonds is 5. The number of nitrogen functional groups attached to an aromatic ring is 1. The van der Waals surface area contributed by atoms with E-state index in [0.29, 0.717) is 26.6 Å². The topological polar surface area (TPSA) is 85.8 Å². The van der Waals surface area contributed by atoms with Gasteiger partial charge in [0.05, 0.1) is 10.8 Å². The molecule has 0 aliphatic carbocycles. The predicted octanol–water partition coefficient (Wildman–Crippen LogP) is 4.85. The molecule has 0 spiro atoms. The number of halogens is 2. The number of aromatic nitrogens is 3. The Labute approximate surface area is 181 Å². The summed E-state index contributed by atoms with van der Waals surface area (Å²) in [6, 6.07) is 18.7. The third-order valence-electron chi connectivity index (χ3n) is 4.20. The fraction of sp³-hybridized carbons (Fsp3) is 0.0500. The maximum absolute atomic E-state index is 12.3. The van der Waals surface area contributed by atoms with Crippen molar-refractivity contribution in [2.75, 3.05) is 16.9 Å². The minimum absolute atomic E-state index is 0.130. The van der Waals surface area contributed by atoms with Crippen LogP contribution in [-0.2, 0) is 4.79 Å². The van der Waals surface area contributed by atoms with Crippen LogP contribution in [0.2, 0.25) is 10.0 Å². The third-order valence-corrected chi connectivity index (χ3v) is 5.71. The molecular formula is C20H15Cl2N5OS. The van der Waals surface area contributed by atoms with Gasteiger partial charge in [-0.1, -0.05) is 65.3 Å². The van der Waals surface area contributed by atoms with Crippen LogP contribution in [0.25, 0.3) is 22.2 Å². The van der Waals surface area contributed by atoms with Gasteiger partial charge in [-0.2, -0.15) is 0 Å². The third kappa shape index (κ3) is 4.32. The van der Waals surface area contributed by atoms with Crippen LogP contribution in [-0.4, -0.2) is 26.5 Å². The summed E-state index contributed by atoms with van der Waals surface area (Å²) < 4.78 is 1.30. The fourth-order valence-corrected chi connectivity index (χ4v) is 3.85. The first-order valence-electron chi connectivity index (χ1n) is 8.58. The second-order valence-corrected chi connectivity index (χ2v) is 7.99. The van der Waals surface area contributed by atoms with Crippen molar-refractivity contribution in [1.29, 1.82) is 0 Å². The molecule has 3 aromatic carbocycles. The number of hydrogen-bond donors (Lipinski definition) is 2. The number of nitrogens with two attached hydrogens (primary N) is 1. The van der Waals surface area contributed by atoms with Gasteiger partial charge in [-0.3, -0.25) is 4.79 Å². The average Bonchev–Trinajstić information content (AvgIpc) is 3.08. The summed E-state index contributed by atoms with van der Waals surface area (Å²) in [5, 5.41) is 14.5. The van der Waals surface area contributed by atoms with Gasteiger partial charge in [0, 0.05) is 16.3 Å². The first kappa shape index (κ1) is 19.6. The lowest BCUT2D eigenvalue weighted by atomic mass is 10.1. The van der Waals surface area contributed by atoms with Crippen molar-refractivity contribution in [3.63, 3.8) is 0 Å². The van der Waals surface area contributed by atoms with Crippen molar-refractivity contribution < 1.29 is 4.79 Å². The van der Waals surface area contributed by atoms with Crippen molar-refractivity contribution in [3.05, 3.63) is 70.7 Å². The van der Waals surface area contributed by atoms with E-state index >= 15 is 0 Å². The highest BCUT2D eigenvalue weighted by Gasteiger charge is 2.16. The molecule has 1 amide bonds. The Balaban J connectivity index is 1.44. The zero-order valence-electron chi connectivity index (χ0n) is 15.0. The van der Waals surface area contributed by atoms with E-state index in [0.717, 1.165) is 16.5 Å². The quantitative estimate of drug-likeness (QED) is 0.340. The molecule has 0 saturated heterocycles. The van der Waals surface area contributed by atoms with Crippen LogP contribution in [0, 0.1) is 0 Å². The summed E-state index contributed by atoms with van der Waals surface area (Å²) in [6.07, 6.45) is 0. The molecule has 9 heteroatoms. The van der Waals surface area contributed by atoms with Crippen molar-refractivity contribution in [2.24, 2.45) is 0 Å². The molecule has 1 aromatic heterocycles. The van der Waals surface area contributed by atoms with Crippen LogP contribution in [0.3, 0.4) is 0 Å². The molecule has 1 heterocycles. The number of thioether (sulfide) groups is 1. The van der Waals surface area contributed by atoms with Gasteiger partial charge in [0.15, 0.2) is 5.82 Å². The Morgan fingerprint density at radius 1 is 1.03 bits per heavy atom. The van der Waals surface area contributed by atoms with Crippen molar-refractivity contribution >= 4 is 57.3 Å². The summed E-state index contributed by atoms with van der Waals surface area (Å²) >= 11 is 13.4. The molecule has 6 nitrogen and oxygen atoms in total. The zero-order chi connectivity index (χ0) is 20.4. The average molecular weight is 444 g/mol. The first-order valence-corrected chi connectivity index (χ1v) is 10.3. The molecule has 0 aliphatic heterocycles. The molecule has 3 N–H and O–H groups in total. The van der Waals surface area contributed by atoms with Gasteiger partial charge < -0.3 is 11.2 Å². The second-order valence-electron chi connectivity index (χ2n) is 6.20. The van der Waals surface area contributed by atoms with E-state index < -0.39 is 0 Å². The van der Waals surface area contributed by atoms with Gasteiger partial charge in [-0.25, -0.2) is 4.68 Å². The highest BCUT2D eigenvalue weighted by Crippen LogP contribution is 2.30. The number of fused-ring (bicyclic) bond motifs is 1. The summed E-state index contributed by atoms with van der Waals surface area (Å²) in [5.41, 5.74) is 1.30. The van der Waals surface area contributed by atoms with Crippen LogP contribution in [0.4, 0.5) is 5.69 Å². The second kappa shape index (κ2) is 8.32. The molecular weight excluding hydrogens is 429 g/mol. The number of hydrogen-bond acceptors (Lipinski definition) is 5. The fourth-order valence-electron chi connectivity index (χ4n) is 2.82. The maximum Gasteiger partial charge on any atom is 0.234 e. The predicted molar refractivity (Wildman–Crippen MR) is 119 cm³/mol. The van der Waals surface area contributed by atoms with Crippen LogP contribution < -0.4 is 11.2 Å². The number of nitrogens with one attached hydrogen (secondary N) is 1. The Kier molecular flexibility index (Phi) is 5.62. The van der Waals surface area contributed by atoms with E-state index in [1.54, 1.807) is 18.2 Å². The molecule has 4 aromatic rings. The van der Waals surface area contributed by atoms with E-state index in [9.17, 15) is 4.79 Å². The smallest absolute Gasteiger partial charge is 0.234 e. The van der Waals surface area contributed by atoms with Gasteiger partial charge in [0.2, 0.25) is 11.1 Å². The van der Waals surface area contributed by atoms with Crippen LogP contribution >= 0.6 is 35.0 Å². The standard InChI is InChI=1S/C20H15Cl2N5OS/c21-14-6-8-17(22)16(10-14)19-25-26-20(27(19)23)29-11-18(28)24-15-7-5-12-3-1-2-4-13(12)9-15/h1-10H,11,23H2,(H,24,28). The van der Waals surface area contributed by atoms with Gasteiger partial charge in [0.1, 0.15) is 0 Å². The van der Waals surface area contributed by atoms with E-state index in [-0.39, 0.29) is 11.7 Å². The maximum atomic E-state index is 12.3. The molecule has 0 saturated carbocycles. The molecule has 0 aliphatic rings. The number of carbonyl (C=O) groups excluding carboxylic acids is 1. The van der Waals surface area contributed by atoms with E-state index in [1.807, 2.05) is 42.5 Å². The molecule has 0 unspecified atom stereocenters.